The molecule has 0 radical (unpaired) electrons. The third-order valence-corrected chi connectivity index (χ3v) is 4.56. The summed E-state index contributed by atoms with van der Waals surface area (Å²) in [7, 11) is 0. The fourth-order valence-corrected chi connectivity index (χ4v) is 2.65. The van der Waals surface area contributed by atoms with Crippen LogP contribution in [0.1, 0.15) is 50.7 Å². The number of hydrogen-bond donors (Lipinski definition) is 1. The van der Waals surface area contributed by atoms with Crippen LogP contribution in [0.2, 0.25) is 5.02 Å². The van der Waals surface area contributed by atoms with Gasteiger partial charge in [0, 0.05) is 11.1 Å². The van der Waals surface area contributed by atoms with Crippen molar-refractivity contribution in [2.75, 3.05) is 6.54 Å². The summed E-state index contributed by atoms with van der Waals surface area (Å²) in [6, 6.07) is 4.10. The fraction of sp³-hybridized carbons (Fsp3) is 0.647. The molecule has 3 heteroatoms. The molecule has 1 N–H and O–H groups in total. The summed E-state index contributed by atoms with van der Waals surface area (Å²) in [5.41, 5.74) is 2.03. The van der Waals surface area contributed by atoms with Crippen molar-refractivity contribution in [3.63, 3.8) is 0 Å². The van der Waals surface area contributed by atoms with E-state index in [1.165, 1.54) is 25.3 Å². The number of nitrogens with one attached hydrogen (secondary N) is 1. The highest BCUT2D eigenvalue weighted by Gasteiger charge is 2.23. The third-order valence-electron chi connectivity index (χ3n) is 4.21. The van der Waals surface area contributed by atoms with Gasteiger partial charge in [-0.05, 0) is 68.2 Å². The highest BCUT2D eigenvalue weighted by molar-refractivity contribution is 6.31. The first-order chi connectivity index (χ1) is 9.37. The summed E-state index contributed by atoms with van der Waals surface area (Å²) < 4.78 is 13.4. The molecule has 1 aliphatic rings. The lowest BCUT2D eigenvalue weighted by atomic mass is 9.83. The quantitative estimate of drug-likeness (QED) is 0.755. The van der Waals surface area contributed by atoms with Gasteiger partial charge < -0.3 is 5.32 Å². The Kier molecular flexibility index (Phi) is 5.09. The molecule has 0 aliphatic heterocycles. The van der Waals surface area contributed by atoms with Crippen molar-refractivity contribution in [2.45, 2.75) is 58.9 Å². The molecule has 0 aromatic heterocycles. The van der Waals surface area contributed by atoms with E-state index in [2.05, 4.69) is 19.2 Å². The summed E-state index contributed by atoms with van der Waals surface area (Å²) in [5.74, 6) is -0.216. The Labute approximate surface area is 126 Å². The monoisotopic (exact) mass is 297 g/mol. The normalized spacial score (nSPS) is 15.7. The summed E-state index contributed by atoms with van der Waals surface area (Å²) in [6.07, 6.45) is 5.83. The summed E-state index contributed by atoms with van der Waals surface area (Å²) >= 11 is 6.13. The Bertz CT molecular complexity index is 466. The molecule has 112 valence electrons. The maximum atomic E-state index is 13.4. The Morgan fingerprint density at radius 3 is 2.65 bits per heavy atom. The van der Waals surface area contributed by atoms with Gasteiger partial charge in [0.05, 0.1) is 0 Å². The molecule has 0 atom stereocenters. The van der Waals surface area contributed by atoms with Crippen LogP contribution in [0.25, 0.3) is 0 Å². The molecule has 1 aromatic rings. The molecule has 1 aromatic carbocycles. The van der Waals surface area contributed by atoms with Gasteiger partial charge in [0.25, 0.3) is 0 Å². The van der Waals surface area contributed by atoms with Crippen molar-refractivity contribution in [1.29, 1.82) is 0 Å². The average molecular weight is 298 g/mol. The summed E-state index contributed by atoms with van der Waals surface area (Å²) in [5, 5.41) is 4.12. The van der Waals surface area contributed by atoms with E-state index in [9.17, 15) is 4.39 Å². The Morgan fingerprint density at radius 2 is 2.00 bits per heavy atom. The molecule has 0 saturated heterocycles. The Balaban J connectivity index is 1.84. The van der Waals surface area contributed by atoms with Gasteiger partial charge in [0.15, 0.2) is 0 Å². The molecule has 1 nitrogen and oxygen atoms in total. The van der Waals surface area contributed by atoms with Crippen molar-refractivity contribution in [3.8, 4) is 0 Å². The van der Waals surface area contributed by atoms with Crippen LogP contribution < -0.4 is 5.32 Å². The lowest BCUT2D eigenvalue weighted by Crippen LogP contribution is -2.24. The second-order valence-corrected chi connectivity index (χ2v) is 7.24. The molecule has 0 bridgehead atoms. The van der Waals surface area contributed by atoms with Crippen LogP contribution in [0, 0.1) is 18.2 Å². The molecule has 2 rings (SSSR count). The van der Waals surface area contributed by atoms with Crippen LogP contribution in [-0.4, -0.2) is 12.6 Å². The molecule has 20 heavy (non-hydrogen) atoms. The lowest BCUT2D eigenvalue weighted by molar-refractivity contribution is 0.302. The molecule has 0 amide bonds. The minimum absolute atomic E-state index is 0.216. The van der Waals surface area contributed by atoms with E-state index in [4.69, 9.17) is 11.6 Å². The van der Waals surface area contributed by atoms with Gasteiger partial charge >= 0.3 is 0 Å². The van der Waals surface area contributed by atoms with Crippen molar-refractivity contribution >= 4 is 11.6 Å². The zero-order valence-electron chi connectivity index (χ0n) is 12.7. The Morgan fingerprint density at radius 1 is 1.30 bits per heavy atom. The van der Waals surface area contributed by atoms with Crippen LogP contribution in [-0.2, 0) is 6.42 Å². The zero-order valence-corrected chi connectivity index (χ0v) is 13.5. The smallest absolute Gasteiger partial charge is 0.127 e. The number of rotatable bonds is 7. The first kappa shape index (κ1) is 15.8. The van der Waals surface area contributed by atoms with Crippen molar-refractivity contribution in [3.05, 3.63) is 34.1 Å². The van der Waals surface area contributed by atoms with E-state index in [-0.39, 0.29) is 11.2 Å². The van der Waals surface area contributed by atoms with E-state index >= 15 is 0 Å². The van der Waals surface area contributed by atoms with E-state index in [1.807, 2.05) is 6.07 Å². The van der Waals surface area contributed by atoms with Crippen molar-refractivity contribution in [1.82, 2.24) is 5.32 Å². The van der Waals surface area contributed by atoms with E-state index in [1.54, 1.807) is 6.92 Å². The van der Waals surface area contributed by atoms with Gasteiger partial charge in [-0.2, -0.15) is 0 Å². The minimum Gasteiger partial charge on any atom is -0.314 e. The first-order valence-corrected chi connectivity index (χ1v) is 7.93. The highest BCUT2D eigenvalue weighted by Crippen LogP contribution is 2.30. The van der Waals surface area contributed by atoms with Crippen LogP contribution in [0.15, 0.2) is 12.1 Å². The zero-order chi connectivity index (χ0) is 14.8. The third kappa shape index (κ3) is 4.75. The van der Waals surface area contributed by atoms with Crippen molar-refractivity contribution in [2.24, 2.45) is 5.41 Å². The number of hydrogen-bond acceptors (Lipinski definition) is 1. The molecular weight excluding hydrogens is 273 g/mol. The summed E-state index contributed by atoms with van der Waals surface area (Å²) in [6.45, 7) is 7.48. The van der Waals surface area contributed by atoms with Gasteiger partial charge in [-0.3, -0.25) is 0 Å². The van der Waals surface area contributed by atoms with Gasteiger partial charge in [-0.15, -0.1) is 0 Å². The van der Waals surface area contributed by atoms with Gasteiger partial charge in [0.2, 0.25) is 0 Å². The molecular formula is C17H25ClFN. The van der Waals surface area contributed by atoms with Crippen molar-refractivity contribution < 1.29 is 4.39 Å². The maximum absolute atomic E-state index is 13.4. The van der Waals surface area contributed by atoms with Crippen LogP contribution in [0.3, 0.4) is 0 Å². The SMILES string of the molecule is Cc1cc(CCC(C)(C)CCNC2CC2)c(Cl)cc1F. The van der Waals surface area contributed by atoms with Crippen LogP contribution in [0.4, 0.5) is 4.39 Å². The topological polar surface area (TPSA) is 12.0 Å². The fourth-order valence-electron chi connectivity index (χ4n) is 2.41. The van der Waals surface area contributed by atoms with Gasteiger partial charge in [-0.25, -0.2) is 4.39 Å². The highest BCUT2D eigenvalue weighted by atomic mass is 35.5. The van der Waals surface area contributed by atoms with Gasteiger partial charge in [0.1, 0.15) is 5.82 Å². The first-order valence-electron chi connectivity index (χ1n) is 7.55. The largest absolute Gasteiger partial charge is 0.314 e. The van der Waals surface area contributed by atoms with Crippen LogP contribution >= 0.6 is 11.6 Å². The lowest BCUT2D eigenvalue weighted by Gasteiger charge is -2.25. The second-order valence-electron chi connectivity index (χ2n) is 6.84. The molecule has 1 fully saturated rings. The number of aryl methyl sites for hydroxylation is 2. The van der Waals surface area contributed by atoms with Crippen LogP contribution in [0.5, 0.6) is 0 Å². The maximum Gasteiger partial charge on any atom is 0.127 e. The predicted octanol–water partition coefficient (Wildman–Crippen LogP) is 4.89. The molecule has 1 saturated carbocycles. The summed E-state index contributed by atoms with van der Waals surface area (Å²) in [4.78, 5) is 0. The molecule has 1 aliphatic carbocycles. The molecule has 0 heterocycles. The number of halogens is 2. The predicted molar refractivity (Wildman–Crippen MR) is 83.9 cm³/mol. The Hall–Kier alpha value is -0.600. The minimum atomic E-state index is -0.216. The standard InChI is InChI=1S/C17H25ClFN/c1-12-10-13(15(18)11-16(12)19)6-7-17(2,3)8-9-20-14-4-5-14/h10-11,14,20H,4-9H2,1-3H3. The van der Waals surface area contributed by atoms with E-state index < -0.39 is 0 Å². The van der Waals surface area contributed by atoms with Gasteiger partial charge in [-0.1, -0.05) is 31.5 Å². The van der Waals surface area contributed by atoms with E-state index in [0.29, 0.717) is 10.6 Å². The molecule has 0 spiro atoms. The number of benzene rings is 1. The van der Waals surface area contributed by atoms with E-state index in [0.717, 1.165) is 31.0 Å². The second kappa shape index (κ2) is 6.44. The average Bonchev–Trinajstić information content (AvgIpc) is 3.16. The molecule has 0 unspecified atom stereocenters.